The quantitative estimate of drug-likeness (QED) is 0.886. The van der Waals surface area contributed by atoms with Gasteiger partial charge < -0.3 is 10.2 Å². The Morgan fingerprint density at radius 3 is 2.48 bits per heavy atom. The Hall–Kier alpha value is -1.17. The molecule has 0 bridgehead atoms. The van der Waals surface area contributed by atoms with E-state index in [1.54, 1.807) is 0 Å². The standard InChI is InChI=1S/C18H25BrN4/c1-13-18(12-20-16-8-10-22(3)11-9-16)14(2)23(21-13)17-6-4-15(19)5-7-17/h4-7,16,20H,8-12H2,1-3H3. The maximum Gasteiger partial charge on any atom is 0.0649 e. The minimum Gasteiger partial charge on any atom is -0.310 e. The smallest absolute Gasteiger partial charge is 0.0649 e. The number of piperidine rings is 1. The van der Waals surface area contributed by atoms with Crippen molar-refractivity contribution in [3.05, 3.63) is 45.7 Å². The third-order valence-electron chi connectivity index (χ3n) is 4.80. The largest absolute Gasteiger partial charge is 0.310 e. The molecule has 1 saturated heterocycles. The summed E-state index contributed by atoms with van der Waals surface area (Å²) < 4.78 is 3.14. The molecule has 0 radical (unpaired) electrons. The van der Waals surface area contributed by atoms with Crippen LogP contribution in [0.3, 0.4) is 0 Å². The molecule has 0 aliphatic carbocycles. The fraction of sp³-hybridized carbons (Fsp3) is 0.500. The van der Waals surface area contributed by atoms with E-state index in [4.69, 9.17) is 5.10 Å². The molecule has 1 aromatic heterocycles. The summed E-state index contributed by atoms with van der Waals surface area (Å²) in [4.78, 5) is 2.40. The molecule has 0 unspecified atom stereocenters. The first kappa shape index (κ1) is 16.7. The number of aromatic nitrogens is 2. The van der Waals surface area contributed by atoms with Crippen LogP contribution in [0.4, 0.5) is 0 Å². The van der Waals surface area contributed by atoms with Gasteiger partial charge in [0.2, 0.25) is 0 Å². The van der Waals surface area contributed by atoms with E-state index in [9.17, 15) is 0 Å². The molecule has 0 amide bonds. The van der Waals surface area contributed by atoms with E-state index in [1.165, 1.54) is 37.2 Å². The monoisotopic (exact) mass is 376 g/mol. The Balaban J connectivity index is 1.72. The van der Waals surface area contributed by atoms with E-state index in [1.807, 2.05) is 4.68 Å². The highest BCUT2D eigenvalue weighted by molar-refractivity contribution is 9.10. The second-order valence-electron chi connectivity index (χ2n) is 6.50. The van der Waals surface area contributed by atoms with Gasteiger partial charge in [-0.15, -0.1) is 0 Å². The molecular formula is C18H25BrN4. The summed E-state index contributed by atoms with van der Waals surface area (Å²) in [7, 11) is 2.20. The number of likely N-dealkylation sites (tertiary alicyclic amines) is 1. The Morgan fingerprint density at radius 2 is 1.83 bits per heavy atom. The van der Waals surface area contributed by atoms with Crippen LogP contribution in [0.25, 0.3) is 5.69 Å². The Labute approximate surface area is 147 Å². The number of nitrogens with zero attached hydrogens (tertiary/aromatic N) is 3. The zero-order valence-electron chi connectivity index (χ0n) is 14.1. The molecule has 4 nitrogen and oxygen atoms in total. The van der Waals surface area contributed by atoms with Crippen LogP contribution in [0.2, 0.25) is 0 Å². The van der Waals surface area contributed by atoms with Crippen molar-refractivity contribution in [3.63, 3.8) is 0 Å². The van der Waals surface area contributed by atoms with E-state index in [0.29, 0.717) is 6.04 Å². The van der Waals surface area contributed by atoms with Crippen LogP contribution in [0.5, 0.6) is 0 Å². The van der Waals surface area contributed by atoms with Crippen LogP contribution in [-0.4, -0.2) is 40.9 Å². The van der Waals surface area contributed by atoms with E-state index < -0.39 is 0 Å². The molecule has 0 spiro atoms. The fourth-order valence-corrected chi connectivity index (χ4v) is 3.49. The van der Waals surface area contributed by atoms with Crippen molar-refractivity contribution in [2.75, 3.05) is 20.1 Å². The number of rotatable bonds is 4. The molecule has 23 heavy (non-hydrogen) atoms. The minimum atomic E-state index is 0.626. The topological polar surface area (TPSA) is 33.1 Å². The van der Waals surface area contributed by atoms with Crippen LogP contribution in [-0.2, 0) is 6.54 Å². The molecule has 5 heteroatoms. The van der Waals surface area contributed by atoms with E-state index >= 15 is 0 Å². The van der Waals surface area contributed by atoms with Gasteiger partial charge in [0.1, 0.15) is 0 Å². The molecular weight excluding hydrogens is 352 g/mol. The highest BCUT2D eigenvalue weighted by Gasteiger charge is 2.18. The number of hydrogen-bond acceptors (Lipinski definition) is 3. The van der Waals surface area contributed by atoms with Gasteiger partial charge >= 0.3 is 0 Å². The van der Waals surface area contributed by atoms with Crippen molar-refractivity contribution in [1.29, 1.82) is 0 Å². The number of aryl methyl sites for hydroxylation is 1. The zero-order valence-corrected chi connectivity index (χ0v) is 15.7. The lowest BCUT2D eigenvalue weighted by atomic mass is 10.0. The van der Waals surface area contributed by atoms with Gasteiger partial charge in [0.05, 0.1) is 11.4 Å². The van der Waals surface area contributed by atoms with Gasteiger partial charge in [-0.2, -0.15) is 5.10 Å². The van der Waals surface area contributed by atoms with Crippen molar-refractivity contribution in [1.82, 2.24) is 20.0 Å². The maximum atomic E-state index is 4.74. The first-order valence-corrected chi connectivity index (χ1v) is 9.07. The molecule has 2 heterocycles. The van der Waals surface area contributed by atoms with Gasteiger partial charge in [0.15, 0.2) is 0 Å². The first-order valence-electron chi connectivity index (χ1n) is 8.27. The van der Waals surface area contributed by atoms with Gasteiger partial charge in [-0.25, -0.2) is 4.68 Å². The maximum absolute atomic E-state index is 4.74. The fourth-order valence-electron chi connectivity index (χ4n) is 3.22. The van der Waals surface area contributed by atoms with Gasteiger partial charge in [-0.3, -0.25) is 0 Å². The predicted molar refractivity (Wildman–Crippen MR) is 98.1 cm³/mol. The van der Waals surface area contributed by atoms with Gasteiger partial charge in [0, 0.05) is 28.3 Å². The molecule has 1 aliphatic heterocycles. The number of halogens is 1. The van der Waals surface area contributed by atoms with Gasteiger partial charge in [0.25, 0.3) is 0 Å². The highest BCUT2D eigenvalue weighted by Crippen LogP contribution is 2.20. The Kier molecular flexibility index (Phi) is 5.19. The van der Waals surface area contributed by atoms with Crippen LogP contribution >= 0.6 is 15.9 Å². The van der Waals surface area contributed by atoms with Crippen molar-refractivity contribution in [3.8, 4) is 5.69 Å². The van der Waals surface area contributed by atoms with Gasteiger partial charge in [-0.1, -0.05) is 15.9 Å². The lowest BCUT2D eigenvalue weighted by molar-refractivity contribution is 0.234. The number of hydrogen-bond donors (Lipinski definition) is 1. The molecule has 124 valence electrons. The summed E-state index contributed by atoms with van der Waals surface area (Å²) in [6.07, 6.45) is 2.46. The first-order chi connectivity index (χ1) is 11.0. The van der Waals surface area contributed by atoms with Crippen LogP contribution < -0.4 is 5.32 Å². The number of benzene rings is 1. The summed E-state index contributed by atoms with van der Waals surface area (Å²) in [6, 6.07) is 8.93. The lowest BCUT2D eigenvalue weighted by Gasteiger charge is -2.29. The predicted octanol–water partition coefficient (Wildman–Crippen LogP) is 3.44. The SMILES string of the molecule is Cc1nn(-c2ccc(Br)cc2)c(C)c1CNC1CCN(C)CC1. The third kappa shape index (κ3) is 3.84. The Bertz CT molecular complexity index is 654. The highest BCUT2D eigenvalue weighted by atomic mass is 79.9. The van der Waals surface area contributed by atoms with Gasteiger partial charge in [-0.05, 0) is 71.1 Å². The van der Waals surface area contributed by atoms with E-state index in [-0.39, 0.29) is 0 Å². The lowest BCUT2D eigenvalue weighted by Crippen LogP contribution is -2.40. The normalized spacial score (nSPS) is 16.9. The van der Waals surface area contributed by atoms with E-state index in [0.717, 1.165) is 22.4 Å². The van der Waals surface area contributed by atoms with E-state index in [2.05, 4.69) is 71.3 Å². The van der Waals surface area contributed by atoms with Crippen LogP contribution in [0.1, 0.15) is 29.8 Å². The van der Waals surface area contributed by atoms with Crippen LogP contribution in [0, 0.1) is 13.8 Å². The molecule has 3 rings (SSSR count). The summed E-state index contributed by atoms with van der Waals surface area (Å²) in [5.74, 6) is 0. The molecule has 1 aromatic carbocycles. The summed E-state index contributed by atoms with van der Waals surface area (Å²) in [5, 5.41) is 8.47. The molecule has 1 fully saturated rings. The average Bonchev–Trinajstić information content (AvgIpc) is 2.82. The second-order valence-corrected chi connectivity index (χ2v) is 7.41. The van der Waals surface area contributed by atoms with Crippen LogP contribution in [0.15, 0.2) is 28.7 Å². The average molecular weight is 377 g/mol. The molecule has 1 N–H and O–H groups in total. The molecule has 0 atom stereocenters. The third-order valence-corrected chi connectivity index (χ3v) is 5.33. The summed E-state index contributed by atoms with van der Waals surface area (Å²) in [5.41, 5.74) is 4.78. The second kappa shape index (κ2) is 7.16. The molecule has 2 aromatic rings. The van der Waals surface area contributed by atoms with Crippen molar-refractivity contribution >= 4 is 15.9 Å². The zero-order chi connectivity index (χ0) is 16.4. The van der Waals surface area contributed by atoms with Crippen molar-refractivity contribution in [2.45, 2.75) is 39.3 Å². The Morgan fingerprint density at radius 1 is 1.17 bits per heavy atom. The molecule has 0 saturated carbocycles. The van der Waals surface area contributed by atoms with Crippen molar-refractivity contribution in [2.24, 2.45) is 0 Å². The number of nitrogens with one attached hydrogen (secondary N) is 1. The molecule has 1 aliphatic rings. The van der Waals surface area contributed by atoms with Crippen molar-refractivity contribution < 1.29 is 0 Å². The summed E-state index contributed by atoms with van der Waals surface area (Å²) >= 11 is 3.49. The minimum absolute atomic E-state index is 0.626. The summed E-state index contributed by atoms with van der Waals surface area (Å²) in [6.45, 7) is 7.55.